The van der Waals surface area contributed by atoms with Crippen LogP contribution in [0.1, 0.15) is 33.3 Å². The van der Waals surface area contributed by atoms with Crippen molar-refractivity contribution >= 4 is 20.9 Å². The molecule has 0 spiro atoms. The molecule has 0 aliphatic carbocycles. The highest BCUT2D eigenvalue weighted by molar-refractivity contribution is 7.90. The van der Waals surface area contributed by atoms with Crippen LogP contribution in [0.25, 0.3) is 22.0 Å². The number of nitrogens with zero attached hydrogens (tertiary/aromatic N) is 2. The molecular formula is C23H28F3N3O2S. The lowest BCUT2D eigenvalue weighted by Gasteiger charge is -2.22. The van der Waals surface area contributed by atoms with Gasteiger partial charge in [-0.2, -0.15) is 13.2 Å². The number of halogens is 3. The molecule has 1 atom stereocenters. The lowest BCUT2D eigenvalue weighted by molar-refractivity contribution is -0.150. The second-order valence-corrected chi connectivity index (χ2v) is 10.9. The molecule has 3 aromatic rings. The Kier molecular flexibility index (Phi) is 7.00. The Balaban J connectivity index is 2.06. The lowest BCUT2D eigenvalue weighted by Crippen LogP contribution is -2.48. The minimum Gasteiger partial charge on any atom is -0.347 e. The number of aromatic nitrogens is 2. The van der Waals surface area contributed by atoms with Gasteiger partial charge < -0.3 is 4.57 Å². The van der Waals surface area contributed by atoms with Crippen LogP contribution in [-0.2, 0) is 23.0 Å². The number of nitrogens with one attached hydrogen (secondary N) is 1. The summed E-state index contributed by atoms with van der Waals surface area (Å²) >= 11 is 0. The normalized spacial score (nSPS) is 13.9. The third-order valence-corrected chi connectivity index (χ3v) is 7.14. The smallest absolute Gasteiger partial charge is 0.347 e. The monoisotopic (exact) mass is 467 g/mol. The number of pyridine rings is 1. The van der Waals surface area contributed by atoms with E-state index in [-0.39, 0.29) is 5.92 Å². The zero-order valence-electron chi connectivity index (χ0n) is 18.5. The van der Waals surface area contributed by atoms with Crippen LogP contribution < -0.4 is 4.72 Å². The topological polar surface area (TPSA) is 64.0 Å². The third kappa shape index (κ3) is 5.50. The van der Waals surface area contributed by atoms with Gasteiger partial charge in [0, 0.05) is 36.0 Å². The van der Waals surface area contributed by atoms with Crippen molar-refractivity contribution in [3.8, 4) is 11.1 Å². The molecule has 0 saturated heterocycles. The van der Waals surface area contributed by atoms with Gasteiger partial charge in [0.05, 0.1) is 5.25 Å². The van der Waals surface area contributed by atoms with E-state index in [4.69, 9.17) is 0 Å². The number of benzene rings is 1. The summed E-state index contributed by atoms with van der Waals surface area (Å²) in [5.74, 6) is 0.279. The van der Waals surface area contributed by atoms with Gasteiger partial charge in [-0.05, 0) is 61.1 Å². The summed E-state index contributed by atoms with van der Waals surface area (Å²) in [6, 6.07) is 7.17. The van der Waals surface area contributed by atoms with Crippen molar-refractivity contribution in [1.82, 2.24) is 14.3 Å². The van der Waals surface area contributed by atoms with Gasteiger partial charge in [-0.3, -0.25) is 4.98 Å². The van der Waals surface area contributed by atoms with E-state index < -0.39 is 33.9 Å². The molecule has 0 amide bonds. The number of hydrogen-bond acceptors (Lipinski definition) is 3. The Bertz CT molecular complexity index is 1170. The van der Waals surface area contributed by atoms with Crippen molar-refractivity contribution in [1.29, 1.82) is 0 Å². The molecular weight excluding hydrogens is 439 g/mol. The number of alkyl halides is 3. The Morgan fingerprint density at radius 3 is 2.25 bits per heavy atom. The minimum absolute atomic E-state index is 0.279. The molecule has 0 aliphatic heterocycles. The standard InChI is InChI=1S/C23H28F3N3O2S/c1-15(2)13-29-14-19(12-22(23(24,25)26)28-32(30,31)16(3)4)20-6-5-18(11-21(20)29)17-7-9-27-10-8-17/h5-11,14-16,22,28H,12-13H2,1-4H3. The molecule has 0 fully saturated rings. The molecule has 0 saturated carbocycles. The fourth-order valence-electron chi connectivity index (χ4n) is 3.58. The molecule has 32 heavy (non-hydrogen) atoms. The first-order valence-corrected chi connectivity index (χ1v) is 12.0. The Hall–Kier alpha value is -2.39. The van der Waals surface area contributed by atoms with Gasteiger partial charge in [-0.15, -0.1) is 0 Å². The maximum atomic E-state index is 13.8. The summed E-state index contributed by atoms with van der Waals surface area (Å²) in [7, 11) is -4.09. The maximum Gasteiger partial charge on any atom is 0.405 e. The Morgan fingerprint density at radius 2 is 1.69 bits per heavy atom. The first-order valence-electron chi connectivity index (χ1n) is 10.5. The van der Waals surface area contributed by atoms with E-state index in [1.165, 1.54) is 13.8 Å². The highest BCUT2D eigenvalue weighted by Gasteiger charge is 2.43. The van der Waals surface area contributed by atoms with Crippen molar-refractivity contribution in [2.24, 2.45) is 5.92 Å². The molecule has 3 rings (SSSR count). The van der Waals surface area contributed by atoms with Gasteiger partial charge in [-0.25, -0.2) is 13.1 Å². The molecule has 0 bridgehead atoms. The molecule has 174 valence electrons. The van der Waals surface area contributed by atoms with E-state index in [2.05, 4.69) is 4.98 Å². The van der Waals surface area contributed by atoms with Gasteiger partial charge >= 0.3 is 6.18 Å². The SMILES string of the molecule is CC(C)Cn1cc(CC(NS(=O)(=O)C(C)C)C(F)(F)F)c2ccc(-c3ccncc3)cc21. The van der Waals surface area contributed by atoms with Crippen LogP contribution >= 0.6 is 0 Å². The van der Waals surface area contributed by atoms with Crippen molar-refractivity contribution in [3.63, 3.8) is 0 Å². The highest BCUT2D eigenvalue weighted by Crippen LogP contribution is 2.32. The van der Waals surface area contributed by atoms with Gasteiger partial charge in [0.1, 0.15) is 6.04 Å². The van der Waals surface area contributed by atoms with Crippen molar-refractivity contribution in [2.45, 2.75) is 58.1 Å². The summed E-state index contributed by atoms with van der Waals surface area (Å²) in [6.45, 7) is 7.40. The zero-order valence-corrected chi connectivity index (χ0v) is 19.3. The van der Waals surface area contributed by atoms with Crippen LogP contribution in [-0.4, -0.2) is 35.4 Å². The molecule has 1 unspecified atom stereocenters. The largest absolute Gasteiger partial charge is 0.405 e. The minimum atomic E-state index is -4.72. The highest BCUT2D eigenvalue weighted by atomic mass is 32.2. The quantitative estimate of drug-likeness (QED) is 0.498. The molecule has 1 aromatic carbocycles. The molecule has 2 aromatic heterocycles. The zero-order chi connectivity index (χ0) is 23.7. The fourth-order valence-corrected chi connectivity index (χ4v) is 4.46. The van der Waals surface area contributed by atoms with E-state index in [0.717, 1.165) is 16.6 Å². The van der Waals surface area contributed by atoms with E-state index in [9.17, 15) is 21.6 Å². The summed E-state index contributed by atoms with van der Waals surface area (Å²) in [5, 5.41) is -0.279. The summed E-state index contributed by atoms with van der Waals surface area (Å²) in [6.07, 6.45) is -0.111. The van der Waals surface area contributed by atoms with Crippen LogP contribution in [0.3, 0.4) is 0 Å². The van der Waals surface area contributed by atoms with Crippen molar-refractivity contribution in [2.75, 3.05) is 0 Å². The molecule has 2 heterocycles. The first kappa shape index (κ1) is 24.3. The Labute approximate surface area is 186 Å². The van der Waals surface area contributed by atoms with Crippen LogP contribution in [0.2, 0.25) is 0 Å². The van der Waals surface area contributed by atoms with Crippen LogP contribution in [0.15, 0.2) is 48.9 Å². The maximum absolute atomic E-state index is 13.8. The number of fused-ring (bicyclic) bond motifs is 1. The van der Waals surface area contributed by atoms with Gasteiger partial charge in [0.2, 0.25) is 10.0 Å². The van der Waals surface area contributed by atoms with Gasteiger partial charge in [0.25, 0.3) is 0 Å². The number of sulfonamides is 1. The average molecular weight is 468 g/mol. The van der Waals surface area contributed by atoms with E-state index in [1.807, 2.05) is 53.5 Å². The number of hydrogen-bond donors (Lipinski definition) is 1. The molecule has 9 heteroatoms. The van der Waals surface area contributed by atoms with Crippen LogP contribution in [0, 0.1) is 5.92 Å². The van der Waals surface area contributed by atoms with E-state index >= 15 is 0 Å². The Morgan fingerprint density at radius 1 is 1.03 bits per heavy atom. The summed E-state index contributed by atoms with van der Waals surface area (Å²) < 4.78 is 69.4. The van der Waals surface area contributed by atoms with Crippen molar-refractivity contribution < 1.29 is 21.6 Å². The van der Waals surface area contributed by atoms with E-state index in [0.29, 0.717) is 17.5 Å². The summed E-state index contributed by atoms with van der Waals surface area (Å²) in [4.78, 5) is 4.02. The van der Waals surface area contributed by atoms with E-state index in [1.54, 1.807) is 18.6 Å². The van der Waals surface area contributed by atoms with Gasteiger partial charge in [-0.1, -0.05) is 26.0 Å². The third-order valence-electron chi connectivity index (χ3n) is 5.29. The van der Waals surface area contributed by atoms with Gasteiger partial charge in [0.15, 0.2) is 0 Å². The number of rotatable bonds is 8. The predicted molar refractivity (Wildman–Crippen MR) is 121 cm³/mol. The second kappa shape index (κ2) is 9.23. The molecule has 0 radical (unpaired) electrons. The molecule has 5 nitrogen and oxygen atoms in total. The van der Waals surface area contributed by atoms with Crippen molar-refractivity contribution in [3.05, 3.63) is 54.5 Å². The first-order chi connectivity index (χ1) is 14.9. The molecule has 1 N–H and O–H groups in total. The second-order valence-electron chi connectivity index (χ2n) is 8.68. The summed E-state index contributed by atoms with van der Waals surface area (Å²) in [5.41, 5.74) is 3.16. The fraction of sp³-hybridized carbons (Fsp3) is 0.435. The lowest BCUT2D eigenvalue weighted by atomic mass is 10.0. The predicted octanol–water partition coefficient (Wildman–Crippen LogP) is 5.16. The molecule has 0 aliphatic rings. The van der Waals surface area contributed by atoms with Crippen LogP contribution in [0.4, 0.5) is 13.2 Å². The average Bonchev–Trinajstić information content (AvgIpc) is 3.03. The van der Waals surface area contributed by atoms with Crippen LogP contribution in [0.5, 0.6) is 0 Å².